The second-order valence-corrected chi connectivity index (χ2v) is 9.03. The molecule has 0 aromatic carbocycles. The molecule has 2 N–H and O–H groups in total. The second-order valence-electron chi connectivity index (χ2n) is 9.03. The first kappa shape index (κ1) is 24.1. The molecule has 2 atom stereocenters. The average Bonchev–Trinajstić information content (AvgIpc) is 2.74. The second kappa shape index (κ2) is 12.5. The first-order valence-corrected chi connectivity index (χ1v) is 11.9. The number of nitrogens with one attached hydrogen (secondary N) is 2. The minimum atomic E-state index is -0.452. The molecule has 2 rings (SSSR count). The monoisotopic (exact) mass is 409 g/mol. The Morgan fingerprint density at radius 1 is 1.10 bits per heavy atom. The Hall–Kier alpha value is -1.14. The van der Waals surface area contributed by atoms with Gasteiger partial charge in [0.1, 0.15) is 6.04 Å². The van der Waals surface area contributed by atoms with E-state index in [1.807, 2.05) is 0 Å². The molecule has 1 spiro atoms. The number of carbonyl (C=O) groups excluding carboxylic acids is 2. The predicted molar refractivity (Wildman–Crippen MR) is 117 cm³/mol. The lowest BCUT2D eigenvalue weighted by Gasteiger charge is -2.42. The molecule has 0 radical (unpaired) electrons. The van der Waals surface area contributed by atoms with Gasteiger partial charge in [-0.1, -0.05) is 40.0 Å². The average molecular weight is 410 g/mol. The quantitative estimate of drug-likeness (QED) is 0.732. The summed E-state index contributed by atoms with van der Waals surface area (Å²) in [5, 5.41) is 6.19. The SMILES string of the molecule is CCCCN1CCC2(CCCCOCCCNC(=O)[C@H]([C@@H](C)CC)NC2=O)CC1. The number of amides is 2. The predicted octanol–water partition coefficient (Wildman–Crippen LogP) is 3.11. The van der Waals surface area contributed by atoms with Crippen LogP contribution in [0.5, 0.6) is 0 Å². The molecule has 2 aliphatic rings. The molecule has 0 aliphatic carbocycles. The van der Waals surface area contributed by atoms with Crippen LogP contribution in [-0.4, -0.2) is 62.1 Å². The summed E-state index contributed by atoms with van der Waals surface area (Å²) in [6, 6.07) is -0.452. The Morgan fingerprint density at radius 2 is 1.83 bits per heavy atom. The fourth-order valence-electron chi connectivity index (χ4n) is 4.44. The van der Waals surface area contributed by atoms with E-state index >= 15 is 0 Å². The third-order valence-corrected chi connectivity index (χ3v) is 6.86. The van der Waals surface area contributed by atoms with Gasteiger partial charge in [-0.25, -0.2) is 0 Å². The van der Waals surface area contributed by atoms with E-state index < -0.39 is 6.04 Å². The van der Waals surface area contributed by atoms with Crippen LogP contribution in [0, 0.1) is 11.3 Å². The number of piperidine rings is 1. The molecule has 0 saturated carbocycles. The first-order chi connectivity index (χ1) is 14.0. The van der Waals surface area contributed by atoms with Crippen LogP contribution in [0.25, 0.3) is 0 Å². The van der Waals surface area contributed by atoms with Crippen LogP contribution in [0.15, 0.2) is 0 Å². The zero-order valence-electron chi connectivity index (χ0n) is 18.9. The Morgan fingerprint density at radius 3 is 2.52 bits per heavy atom. The van der Waals surface area contributed by atoms with E-state index in [2.05, 4.69) is 36.3 Å². The molecular weight excluding hydrogens is 366 g/mol. The van der Waals surface area contributed by atoms with Crippen molar-refractivity contribution >= 4 is 11.8 Å². The van der Waals surface area contributed by atoms with Gasteiger partial charge in [-0.15, -0.1) is 0 Å². The molecule has 0 aromatic heterocycles. The summed E-state index contributed by atoms with van der Waals surface area (Å²) in [7, 11) is 0. The number of likely N-dealkylation sites (tertiary alicyclic amines) is 1. The standard InChI is InChI=1S/C23H43N3O3/c1-4-6-14-26-15-11-23(12-16-26)10-7-8-17-29-18-9-13-24-21(27)20(19(3)5-2)25-22(23)28/h19-20H,4-18H2,1-3H3,(H,24,27)(H,25,28)/t19-,20-/m0/s1. The molecule has 0 unspecified atom stereocenters. The molecule has 6 nitrogen and oxygen atoms in total. The third kappa shape index (κ3) is 7.25. The topological polar surface area (TPSA) is 70.7 Å². The van der Waals surface area contributed by atoms with Crippen LogP contribution in [0.1, 0.15) is 78.6 Å². The maximum atomic E-state index is 13.5. The smallest absolute Gasteiger partial charge is 0.242 e. The normalized spacial score (nSPS) is 26.4. The Labute approximate surface area is 177 Å². The van der Waals surface area contributed by atoms with Crippen LogP contribution in [0.3, 0.4) is 0 Å². The van der Waals surface area contributed by atoms with Crippen LogP contribution in [0.4, 0.5) is 0 Å². The highest BCUT2D eigenvalue weighted by molar-refractivity contribution is 5.90. The lowest BCUT2D eigenvalue weighted by atomic mass is 9.73. The summed E-state index contributed by atoms with van der Waals surface area (Å²) >= 11 is 0. The van der Waals surface area contributed by atoms with Crippen LogP contribution >= 0.6 is 0 Å². The third-order valence-electron chi connectivity index (χ3n) is 6.86. The van der Waals surface area contributed by atoms with Gasteiger partial charge in [-0.2, -0.15) is 0 Å². The largest absolute Gasteiger partial charge is 0.381 e. The van der Waals surface area contributed by atoms with Crippen LogP contribution in [0.2, 0.25) is 0 Å². The summed E-state index contributed by atoms with van der Waals surface area (Å²) < 4.78 is 5.71. The van der Waals surface area contributed by atoms with Crippen molar-refractivity contribution in [3.8, 4) is 0 Å². The van der Waals surface area contributed by atoms with Gasteiger partial charge in [0.15, 0.2) is 0 Å². The van der Waals surface area contributed by atoms with E-state index in [9.17, 15) is 9.59 Å². The van der Waals surface area contributed by atoms with Gasteiger partial charge in [0.05, 0.1) is 5.41 Å². The maximum Gasteiger partial charge on any atom is 0.242 e. The molecule has 0 aromatic rings. The Kier molecular flexibility index (Phi) is 10.4. The fraction of sp³-hybridized carbons (Fsp3) is 0.913. The highest BCUT2D eigenvalue weighted by Crippen LogP contribution is 2.37. The molecule has 29 heavy (non-hydrogen) atoms. The summed E-state index contributed by atoms with van der Waals surface area (Å²) in [5.41, 5.74) is -0.348. The first-order valence-electron chi connectivity index (χ1n) is 11.9. The van der Waals surface area contributed by atoms with Gasteiger partial charge in [0.2, 0.25) is 11.8 Å². The number of hydrogen-bond acceptors (Lipinski definition) is 4. The molecule has 6 heteroatoms. The number of nitrogens with zero attached hydrogens (tertiary/aromatic N) is 1. The van der Waals surface area contributed by atoms with E-state index in [0.29, 0.717) is 13.2 Å². The zero-order chi connectivity index (χ0) is 21.1. The van der Waals surface area contributed by atoms with Crippen LogP contribution < -0.4 is 10.6 Å². The number of rotatable bonds is 5. The maximum absolute atomic E-state index is 13.5. The number of unbranched alkanes of at least 4 members (excludes halogenated alkanes) is 1. The minimum absolute atomic E-state index is 0.0553. The van der Waals surface area contributed by atoms with Crippen molar-refractivity contribution in [2.75, 3.05) is 39.4 Å². The van der Waals surface area contributed by atoms with Crippen molar-refractivity contribution in [1.29, 1.82) is 0 Å². The number of hydrogen-bond donors (Lipinski definition) is 2. The van der Waals surface area contributed by atoms with Crippen molar-refractivity contribution in [3.63, 3.8) is 0 Å². The van der Waals surface area contributed by atoms with Gasteiger partial charge >= 0.3 is 0 Å². The van der Waals surface area contributed by atoms with Gasteiger partial charge in [0.25, 0.3) is 0 Å². The Bertz CT molecular complexity index is 498. The van der Waals surface area contributed by atoms with E-state index in [4.69, 9.17) is 4.74 Å². The molecule has 2 aliphatic heterocycles. The van der Waals surface area contributed by atoms with Gasteiger partial charge in [0, 0.05) is 19.8 Å². The minimum Gasteiger partial charge on any atom is -0.381 e. The van der Waals surface area contributed by atoms with Crippen LogP contribution in [-0.2, 0) is 14.3 Å². The van der Waals surface area contributed by atoms with E-state index in [1.165, 1.54) is 12.8 Å². The zero-order valence-corrected chi connectivity index (χ0v) is 18.9. The molecule has 2 amide bonds. The summed E-state index contributed by atoms with van der Waals surface area (Å²) in [6.07, 6.45) is 8.75. The van der Waals surface area contributed by atoms with Crippen molar-refractivity contribution in [2.45, 2.75) is 84.6 Å². The molecule has 168 valence electrons. The van der Waals surface area contributed by atoms with Gasteiger partial charge in [-0.3, -0.25) is 9.59 Å². The number of ether oxygens (including phenoxy) is 1. The Balaban J connectivity index is 2.12. The van der Waals surface area contributed by atoms with Crippen molar-refractivity contribution in [3.05, 3.63) is 0 Å². The van der Waals surface area contributed by atoms with Crippen molar-refractivity contribution in [1.82, 2.24) is 15.5 Å². The molecule has 2 fully saturated rings. The van der Waals surface area contributed by atoms with E-state index in [1.54, 1.807) is 0 Å². The van der Waals surface area contributed by atoms with Gasteiger partial charge in [-0.05, 0) is 64.1 Å². The lowest BCUT2D eigenvalue weighted by molar-refractivity contribution is -0.139. The van der Waals surface area contributed by atoms with Crippen molar-refractivity contribution in [2.24, 2.45) is 11.3 Å². The molecule has 2 saturated heterocycles. The lowest BCUT2D eigenvalue weighted by Crippen LogP contribution is -2.56. The van der Waals surface area contributed by atoms with Gasteiger partial charge < -0.3 is 20.3 Å². The van der Waals surface area contributed by atoms with E-state index in [-0.39, 0.29) is 23.1 Å². The highest BCUT2D eigenvalue weighted by Gasteiger charge is 2.42. The summed E-state index contributed by atoms with van der Waals surface area (Å²) in [4.78, 5) is 28.8. The number of carbonyl (C=O) groups is 2. The van der Waals surface area contributed by atoms with E-state index in [0.717, 1.165) is 71.2 Å². The fourth-order valence-corrected chi connectivity index (χ4v) is 4.44. The highest BCUT2D eigenvalue weighted by atomic mass is 16.5. The molecule has 0 bridgehead atoms. The summed E-state index contributed by atoms with van der Waals surface area (Å²) in [5.74, 6) is 0.149. The van der Waals surface area contributed by atoms with Crippen molar-refractivity contribution < 1.29 is 14.3 Å². The molecular formula is C23H43N3O3. The molecule has 2 heterocycles. The summed E-state index contributed by atoms with van der Waals surface area (Å²) in [6.45, 7) is 11.4.